The number of carbonyl (C=O) groups is 3. The molecular formula is C28H30N2O5. The summed E-state index contributed by atoms with van der Waals surface area (Å²) in [6.45, 7) is 8.96. The van der Waals surface area contributed by atoms with Crippen molar-refractivity contribution < 1.29 is 23.9 Å². The quantitative estimate of drug-likeness (QED) is 0.318. The maximum Gasteiger partial charge on any atom is 0.412 e. The predicted octanol–water partition coefficient (Wildman–Crippen LogP) is 6.41. The van der Waals surface area contributed by atoms with Crippen LogP contribution in [-0.2, 0) is 14.3 Å². The fraction of sp³-hybridized carbons (Fsp3) is 0.250. The summed E-state index contributed by atoms with van der Waals surface area (Å²) >= 11 is 0. The van der Waals surface area contributed by atoms with Gasteiger partial charge in [-0.3, -0.25) is 10.1 Å². The summed E-state index contributed by atoms with van der Waals surface area (Å²) in [5, 5.41) is 7.54. The molecule has 0 unspecified atom stereocenters. The van der Waals surface area contributed by atoms with Gasteiger partial charge in [-0.05, 0) is 80.8 Å². The van der Waals surface area contributed by atoms with Gasteiger partial charge in [-0.1, -0.05) is 36.4 Å². The molecule has 2 amide bonds. The second-order valence-electron chi connectivity index (χ2n) is 8.99. The van der Waals surface area contributed by atoms with Gasteiger partial charge < -0.3 is 14.8 Å². The number of allylic oxidation sites excluding steroid dienone is 1. The maximum atomic E-state index is 12.8. The number of esters is 1. The molecule has 3 aromatic carbocycles. The standard InChI is InChI=1S/C28H30N2O5/c1-6-34-26(32)23-17-22(29-27(33)35-28(3,4)5)13-14-24(23)30-25(31)15-18(2)20-12-11-19-9-7-8-10-21(19)16-20/h7-17H,6H2,1-5H3,(H,29,33)(H,30,31)/b18-15-. The summed E-state index contributed by atoms with van der Waals surface area (Å²) < 4.78 is 10.4. The van der Waals surface area contributed by atoms with Crippen LogP contribution in [0.1, 0.15) is 50.5 Å². The van der Waals surface area contributed by atoms with Crippen LogP contribution in [0.4, 0.5) is 16.2 Å². The number of hydrogen-bond acceptors (Lipinski definition) is 5. The van der Waals surface area contributed by atoms with Crippen molar-refractivity contribution in [3.63, 3.8) is 0 Å². The van der Waals surface area contributed by atoms with E-state index < -0.39 is 23.6 Å². The Balaban J connectivity index is 1.82. The van der Waals surface area contributed by atoms with Gasteiger partial charge in [0.15, 0.2) is 0 Å². The van der Waals surface area contributed by atoms with E-state index in [1.54, 1.807) is 33.8 Å². The van der Waals surface area contributed by atoms with Crippen molar-refractivity contribution >= 4 is 45.7 Å². The number of carbonyl (C=O) groups excluding carboxylic acids is 3. The van der Waals surface area contributed by atoms with Crippen LogP contribution in [-0.4, -0.2) is 30.2 Å². The first-order valence-corrected chi connectivity index (χ1v) is 11.4. The molecular weight excluding hydrogens is 444 g/mol. The van der Waals surface area contributed by atoms with E-state index >= 15 is 0 Å². The van der Waals surface area contributed by atoms with E-state index in [-0.39, 0.29) is 17.9 Å². The molecule has 2 N–H and O–H groups in total. The fourth-order valence-electron chi connectivity index (χ4n) is 3.41. The Labute approximate surface area is 205 Å². The van der Waals surface area contributed by atoms with E-state index in [1.807, 2.05) is 49.4 Å². The highest BCUT2D eigenvalue weighted by Crippen LogP contribution is 2.24. The van der Waals surface area contributed by atoms with Gasteiger partial charge in [-0.25, -0.2) is 9.59 Å². The normalized spacial score (nSPS) is 11.6. The zero-order valence-corrected chi connectivity index (χ0v) is 20.6. The lowest BCUT2D eigenvalue weighted by Gasteiger charge is -2.20. The Morgan fingerprint density at radius 1 is 0.914 bits per heavy atom. The van der Waals surface area contributed by atoms with Crippen LogP contribution in [0.25, 0.3) is 16.3 Å². The molecule has 3 aromatic rings. The van der Waals surface area contributed by atoms with Crippen LogP contribution in [0.5, 0.6) is 0 Å². The smallest absolute Gasteiger partial charge is 0.412 e. The highest BCUT2D eigenvalue weighted by atomic mass is 16.6. The largest absolute Gasteiger partial charge is 0.462 e. The lowest BCUT2D eigenvalue weighted by molar-refractivity contribution is -0.111. The second kappa shape index (κ2) is 10.9. The van der Waals surface area contributed by atoms with E-state index in [0.29, 0.717) is 5.69 Å². The molecule has 0 heterocycles. The Hall–Kier alpha value is -4.13. The van der Waals surface area contributed by atoms with E-state index in [0.717, 1.165) is 21.9 Å². The van der Waals surface area contributed by atoms with Crippen molar-refractivity contribution in [2.45, 2.75) is 40.2 Å². The monoisotopic (exact) mass is 474 g/mol. The summed E-state index contributed by atoms with van der Waals surface area (Å²) in [6, 6.07) is 18.5. The van der Waals surface area contributed by atoms with Gasteiger partial charge in [0.05, 0.1) is 17.9 Å². The average Bonchev–Trinajstić information content (AvgIpc) is 2.78. The SMILES string of the molecule is CCOC(=O)c1cc(NC(=O)OC(C)(C)C)ccc1NC(=O)/C=C(/C)c1ccc2ccccc2c1. The molecule has 0 atom stereocenters. The molecule has 0 aliphatic rings. The van der Waals surface area contributed by atoms with Gasteiger partial charge in [0.25, 0.3) is 0 Å². The summed E-state index contributed by atoms with van der Waals surface area (Å²) in [5.41, 5.74) is 1.74. The number of benzene rings is 3. The number of nitrogens with one attached hydrogen (secondary N) is 2. The maximum absolute atomic E-state index is 12.8. The molecule has 7 heteroatoms. The predicted molar refractivity (Wildman–Crippen MR) is 138 cm³/mol. The number of rotatable bonds is 6. The highest BCUT2D eigenvalue weighted by Gasteiger charge is 2.19. The third-order valence-corrected chi connectivity index (χ3v) is 4.97. The van der Waals surface area contributed by atoms with Crippen molar-refractivity contribution in [1.82, 2.24) is 0 Å². The molecule has 0 aliphatic heterocycles. The van der Waals surface area contributed by atoms with Gasteiger partial charge >= 0.3 is 12.1 Å². The van der Waals surface area contributed by atoms with Crippen LogP contribution in [0.2, 0.25) is 0 Å². The number of fused-ring (bicyclic) bond motifs is 1. The molecule has 0 bridgehead atoms. The van der Waals surface area contributed by atoms with E-state index in [2.05, 4.69) is 10.6 Å². The number of hydrogen-bond donors (Lipinski definition) is 2. The Morgan fingerprint density at radius 3 is 2.31 bits per heavy atom. The van der Waals surface area contributed by atoms with Crippen LogP contribution < -0.4 is 10.6 Å². The average molecular weight is 475 g/mol. The van der Waals surface area contributed by atoms with Crippen LogP contribution >= 0.6 is 0 Å². The minimum absolute atomic E-state index is 0.116. The van der Waals surface area contributed by atoms with Gasteiger partial charge in [0.1, 0.15) is 5.60 Å². The first kappa shape index (κ1) is 25.5. The number of anilines is 2. The summed E-state index contributed by atoms with van der Waals surface area (Å²) in [4.78, 5) is 37.4. The summed E-state index contributed by atoms with van der Waals surface area (Å²) in [5.74, 6) is -1.01. The van der Waals surface area contributed by atoms with Crippen LogP contribution in [0, 0.1) is 0 Å². The van der Waals surface area contributed by atoms with Crippen molar-refractivity contribution in [2.75, 3.05) is 17.2 Å². The van der Waals surface area contributed by atoms with Crippen LogP contribution in [0.15, 0.2) is 66.7 Å². The van der Waals surface area contributed by atoms with Crippen molar-refractivity contribution in [2.24, 2.45) is 0 Å². The molecule has 0 spiro atoms. The third-order valence-electron chi connectivity index (χ3n) is 4.97. The van der Waals surface area contributed by atoms with Crippen LogP contribution in [0.3, 0.4) is 0 Å². The fourth-order valence-corrected chi connectivity index (χ4v) is 3.41. The first-order chi connectivity index (χ1) is 16.6. The molecule has 0 aliphatic carbocycles. The molecule has 35 heavy (non-hydrogen) atoms. The van der Waals surface area contributed by atoms with Crippen molar-refractivity contribution in [3.05, 3.63) is 77.9 Å². The summed E-state index contributed by atoms with van der Waals surface area (Å²) in [6.07, 6.45) is 0.823. The molecule has 0 fully saturated rings. The van der Waals surface area contributed by atoms with E-state index in [4.69, 9.17) is 9.47 Å². The highest BCUT2D eigenvalue weighted by molar-refractivity contribution is 6.08. The molecule has 0 radical (unpaired) electrons. The minimum atomic E-state index is -0.669. The van der Waals surface area contributed by atoms with Gasteiger partial charge in [-0.2, -0.15) is 0 Å². The Bertz CT molecular complexity index is 1290. The molecule has 7 nitrogen and oxygen atoms in total. The summed E-state index contributed by atoms with van der Waals surface area (Å²) in [7, 11) is 0. The first-order valence-electron chi connectivity index (χ1n) is 11.4. The van der Waals surface area contributed by atoms with E-state index in [1.165, 1.54) is 18.2 Å². The van der Waals surface area contributed by atoms with E-state index in [9.17, 15) is 14.4 Å². The second-order valence-corrected chi connectivity index (χ2v) is 8.99. The Morgan fingerprint density at radius 2 is 1.63 bits per heavy atom. The molecule has 0 saturated heterocycles. The molecule has 182 valence electrons. The lowest BCUT2D eigenvalue weighted by Crippen LogP contribution is -2.27. The third kappa shape index (κ3) is 7.17. The van der Waals surface area contributed by atoms with Gasteiger partial charge in [0, 0.05) is 11.8 Å². The number of ether oxygens (including phenoxy) is 2. The molecule has 0 saturated carbocycles. The zero-order valence-electron chi connectivity index (χ0n) is 20.6. The van der Waals surface area contributed by atoms with Gasteiger partial charge in [-0.15, -0.1) is 0 Å². The Kier molecular flexibility index (Phi) is 7.91. The lowest BCUT2D eigenvalue weighted by atomic mass is 10.0. The van der Waals surface area contributed by atoms with Crippen molar-refractivity contribution in [1.29, 1.82) is 0 Å². The molecule has 0 aromatic heterocycles. The van der Waals surface area contributed by atoms with Gasteiger partial charge in [0.2, 0.25) is 5.91 Å². The minimum Gasteiger partial charge on any atom is -0.462 e. The topological polar surface area (TPSA) is 93.7 Å². The zero-order chi connectivity index (χ0) is 25.6. The van der Waals surface area contributed by atoms with Crippen molar-refractivity contribution in [3.8, 4) is 0 Å². The number of amides is 2. The molecule has 3 rings (SSSR count).